The minimum Gasteiger partial charge on any atom is -0.337 e. The monoisotopic (exact) mass is 574 g/mol. The molecule has 7 rings (SSSR count). The van der Waals surface area contributed by atoms with Crippen LogP contribution in [0.25, 0.3) is 49.4 Å². The topological polar surface area (TPSA) is 51.8 Å². The third-order valence-corrected chi connectivity index (χ3v) is 8.10. The van der Waals surface area contributed by atoms with Gasteiger partial charge in [-0.05, 0) is 68.8 Å². The van der Waals surface area contributed by atoms with Gasteiger partial charge in [-0.1, -0.05) is 61.2 Å². The molecule has 1 aliphatic heterocycles. The molecule has 6 aromatic rings. The van der Waals surface area contributed by atoms with E-state index in [0.29, 0.717) is 6.54 Å². The van der Waals surface area contributed by atoms with Crippen molar-refractivity contribution in [2.24, 2.45) is 0 Å². The van der Waals surface area contributed by atoms with Crippen LogP contribution in [0.15, 0.2) is 140 Å². The number of rotatable bonds is 5. The van der Waals surface area contributed by atoms with Gasteiger partial charge in [0.15, 0.2) is 0 Å². The SMILES string of the molecule is C=C1C=C(/C=C\C=C/C)N(c2cccc(-n3c4cnccc4c4ccc5c(c6ccncc6n5C(C)C)c43)n2)C/C=C\C=C/1. The molecule has 6 heterocycles. The minimum absolute atomic E-state index is 0.270. The molecular weight excluding hydrogens is 540 g/mol. The summed E-state index contributed by atoms with van der Waals surface area (Å²) in [5, 5.41) is 4.69. The van der Waals surface area contributed by atoms with Gasteiger partial charge >= 0.3 is 0 Å². The lowest BCUT2D eigenvalue weighted by molar-refractivity contribution is 0.641. The van der Waals surface area contributed by atoms with Crippen molar-refractivity contribution in [3.05, 3.63) is 140 Å². The second-order valence-electron chi connectivity index (χ2n) is 11.2. The number of nitrogens with zero attached hydrogens (tertiary/aromatic N) is 6. The van der Waals surface area contributed by atoms with Crippen LogP contribution in [0, 0.1) is 0 Å². The molecule has 5 aromatic heterocycles. The fourth-order valence-electron chi connectivity index (χ4n) is 6.28. The Balaban J connectivity index is 1.52. The van der Waals surface area contributed by atoms with Crippen LogP contribution in [0.4, 0.5) is 5.82 Å². The number of pyridine rings is 3. The third-order valence-electron chi connectivity index (χ3n) is 8.10. The fourth-order valence-corrected chi connectivity index (χ4v) is 6.28. The molecule has 0 fully saturated rings. The Labute approximate surface area is 257 Å². The number of anilines is 1. The van der Waals surface area contributed by atoms with E-state index in [9.17, 15) is 0 Å². The van der Waals surface area contributed by atoms with E-state index in [4.69, 9.17) is 4.98 Å². The lowest BCUT2D eigenvalue weighted by atomic mass is 10.1. The average molecular weight is 575 g/mol. The van der Waals surface area contributed by atoms with Crippen LogP contribution >= 0.6 is 0 Å². The van der Waals surface area contributed by atoms with Gasteiger partial charge in [-0.2, -0.15) is 0 Å². The summed E-state index contributed by atoms with van der Waals surface area (Å²) in [5.41, 5.74) is 6.37. The van der Waals surface area contributed by atoms with E-state index in [0.717, 1.165) is 44.8 Å². The van der Waals surface area contributed by atoms with Crippen molar-refractivity contribution in [1.82, 2.24) is 24.1 Å². The van der Waals surface area contributed by atoms with Crippen molar-refractivity contribution in [1.29, 1.82) is 0 Å². The van der Waals surface area contributed by atoms with E-state index in [-0.39, 0.29) is 6.04 Å². The summed E-state index contributed by atoms with van der Waals surface area (Å²) in [7, 11) is 0. The molecule has 0 spiro atoms. The number of hydrogen-bond acceptors (Lipinski definition) is 4. The summed E-state index contributed by atoms with van der Waals surface area (Å²) in [6.07, 6.45) is 26.2. The summed E-state index contributed by atoms with van der Waals surface area (Å²) < 4.78 is 4.66. The minimum atomic E-state index is 0.270. The van der Waals surface area contributed by atoms with Crippen molar-refractivity contribution in [3.63, 3.8) is 0 Å². The molecular formula is C38H34N6. The van der Waals surface area contributed by atoms with Gasteiger partial charge in [-0.15, -0.1) is 0 Å². The highest BCUT2D eigenvalue weighted by Crippen LogP contribution is 2.41. The van der Waals surface area contributed by atoms with Crippen LogP contribution in [0.3, 0.4) is 0 Å². The summed E-state index contributed by atoms with van der Waals surface area (Å²) in [6, 6.07) is 15.2. The molecule has 0 saturated heterocycles. The highest BCUT2D eigenvalue weighted by molar-refractivity contribution is 6.25. The van der Waals surface area contributed by atoms with Gasteiger partial charge in [0, 0.05) is 52.2 Å². The maximum atomic E-state index is 5.34. The lowest BCUT2D eigenvalue weighted by Gasteiger charge is -2.24. The molecule has 0 saturated carbocycles. The van der Waals surface area contributed by atoms with E-state index in [2.05, 4.69) is 117 Å². The zero-order valence-electron chi connectivity index (χ0n) is 25.2. The predicted octanol–water partition coefficient (Wildman–Crippen LogP) is 9.16. The van der Waals surface area contributed by atoms with Crippen molar-refractivity contribution in [2.45, 2.75) is 26.8 Å². The largest absolute Gasteiger partial charge is 0.337 e. The number of hydrogen-bond donors (Lipinski definition) is 0. The Bertz CT molecular complexity index is 2220. The molecule has 0 radical (unpaired) electrons. The molecule has 0 aliphatic carbocycles. The third kappa shape index (κ3) is 4.56. The molecule has 0 amide bonds. The Kier molecular flexibility index (Phi) is 7.03. The van der Waals surface area contributed by atoms with E-state index >= 15 is 0 Å². The van der Waals surface area contributed by atoms with Crippen LogP contribution < -0.4 is 4.90 Å². The second kappa shape index (κ2) is 11.3. The summed E-state index contributed by atoms with van der Waals surface area (Å²) in [6.45, 7) is 11.4. The maximum absolute atomic E-state index is 5.34. The zero-order chi connectivity index (χ0) is 30.2. The number of fused-ring (bicyclic) bond motifs is 7. The molecule has 6 heteroatoms. The Morgan fingerprint density at radius 2 is 1.64 bits per heavy atom. The van der Waals surface area contributed by atoms with Crippen molar-refractivity contribution in [2.75, 3.05) is 11.4 Å². The van der Waals surface area contributed by atoms with Crippen LogP contribution in [-0.2, 0) is 0 Å². The second-order valence-corrected chi connectivity index (χ2v) is 11.2. The van der Waals surface area contributed by atoms with Crippen LogP contribution in [0.2, 0.25) is 0 Å². The van der Waals surface area contributed by atoms with Crippen molar-refractivity contribution >= 4 is 49.4 Å². The van der Waals surface area contributed by atoms with E-state index in [1.807, 2.05) is 56.0 Å². The molecule has 6 nitrogen and oxygen atoms in total. The highest BCUT2D eigenvalue weighted by atomic mass is 15.2. The quantitative estimate of drug-likeness (QED) is 0.193. The summed E-state index contributed by atoms with van der Waals surface area (Å²) in [4.78, 5) is 16.6. The first-order valence-corrected chi connectivity index (χ1v) is 15.0. The van der Waals surface area contributed by atoms with Crippen LogP contribution in [0.5, 0.6) is 0 Å². The van der Waals surface area contributed by atoms with Gasteiger partial charge < -0.3 is 9.47 Å². The maximum Gasteiger partial charge on any atom is 0.140 e. The fraction of sp³-hybridized carbons (Fsp3) is 0.132. The molecule has 0 bridgehead atoms. The molecule has 1 aliphatic rings. The molecule has 0 N–H and O–H groups in total. The first-order chi connectivity index (χ1) is 21.6. The first-order valence-electron chi connectivity index (χ1n) is 15.0. The predicted molar refractivity (Wildman–Crippen MR) is 184 cm³/mol. The van der Waals surface area contributed by atoms with Crippen molar-refractivity contribution in [3.8, 4) is 5.82 Å². The number of aromatic nitrogens is 5. The summed E-state index contributed by atoms with van der Waals surface area (Å²) in [5.74, 6) is 1.68. The highest BCUT2D eigenvalue weighted by Gasteiger charge is 2.22. The molecule has 0 unspecified atom stereocenters. The zero-order valence-corrected chi connectivity index (χ0v) is 25.2. The van der Waals surface area contributed by atoms with Crippen LogP contribution in [-0.4, -0.2) is 30.6 Å². The number of allylic oxidation sites excluding steroid dienone is 9. The lowest BCUT2D eigenvalue weighted by Crippen LogP contribution is -2.23. The average Bonchev–Trinajstić information content (AvgIpc) is 3.57. The van der Waals surface area contributed by atoms with Crippen molar-refractivity contribution < 1.29 is 0 Å². The first kappa shape index (κ1) is 27.3. The normalized spacial score (nSPS) is 16.0. The molecule has 1 aromatic carbocycles. The standard InChI is InChI=1S/C38H34N6/c1-5-6-8-13-28-23-27(4)12-9-7-10-22-42(28)35-14-11-15-36(41-35)44-33-24-39-20-18-29(33)30-16-17-32-37(38(30)44)31-19-21-40-25-34(31)43(32)26(2)3/h5-21,23-26H,4,22H2,1-3H3/b6-5-,10-7-,12-9-,13-8-,28-23?. The van der Waals surface area contributed by atoms with E-state index < -0.39 is 0 Å². The molecule has 216 valence electrons. The van der Waals surface area contributed by atoms with Gasteiger partial charge in [0.2, 0.25) is 0 Å². The van der Waals surface area contributed by atoms with Crippen LogP contribution in [0.1, 0.15) is 26.8 Å². The van der Waals surface area contributed by atoms with Gasteiger partial charge in [0.1, 0.15) is 11.6 Å². The number of benzene rings is 1. The van der Waals surface area contributed by atoms with Gasteiger partial charge in [0.05, 0.1) is 34.5 Å². The Hall–Kier alpha value is -5.49. The van der Waals surface area contributed by atoms with Gasteiger partial charge in [0.25, 0.3) is 0 Å². The van der Waals surface area contributed by atoms with Gasteiger partial charge in [-0.25, -0.2) is 4.98 Å². The molecule has 0 atom stereocenters. The van der Waals surface area contributed by atoms with E-state index in [1.165, 1.54) is 21.7 Å². The smallest absolute Gasteiger partial charge is 0.140 e. The summed E-state index contributed by atoms with van der Waals surface area (Å²) >= 11 is 0. The van der Waals surface area contributed by atoms with Gasteiger partial charge in [-0.3, -0.25) is 14.5 Å². The Morgan fingerprint density at radius 3 is 2.45 bits per heavy atom. The molecule has 44 heavy (non-hydrogen) atoms. The Morgan fingerprint density at radius 1 is 0.841 bits per heavy atom. The van der Waals surface area contributed by atoms with E-state index in [1.54, 1.807) is 0 Å².